The van der Waals surface area contributed by atoms with E-state index in [4.69, 9.17) is 4.42 Å². The van der Waals surface area contributed by atoms with Gasteiger partial charge in [-0.3, -0.25) is 0 Å². The van der Waals surface area contributed by atoms with Gasteiger partial charge in [-0.25, -0.2) is 4.79 Å². The zero-order chi connectivity index (χ0) is 11.4. The summed E-state index contributed by atoms with van der Waals surface area (Å²) < 4.78 is 9.91. The van der Waals surface area contributed by atoms with Crippen LogP contribution < -0.4 is 0 Å². The van der Waals surface area contributed by atoms with Gasteiger partial charge in [0, 0.05) is 20.2 Å². The molecule has 0 saturated carbocycles. The van der Waals surface area contributed by atoms with Crippen LogP contribution in [0, 0.1) is 6.92 Å². The predicted octanol–water partition coefficient (Wildman–Crippen LogP) is 1.27. The number of nitrogens with zero attached hydrogens (tertiary/aromatic N) is 2. The fourth-order valence-electron chi connectivity index (χ4n) is 1.05. The van der Waals surface area contributed by atoms with Crippen LogP contribution in [0.5, 0.6) is 0 Å². The van der Waals surface area contributed by atoms with Crippen molar-refractivity contribution >= 4 is 12.2 Å². The van der Waals surface area contributed by atoms with E-state index >= 15 is 0 Å². The molecule has 0 aliphatic carbocycles. The quantitative estimate of drug-likeness (QED) is 0.428. The Morgan fingerprint density at radius 2 is 2.27 bits per heavy atom. The highest BCUT2D eigenvalue weighted by molar-refractivity contribution is 5.92. The molecule has 5 nitrogen and oxygen atoms in total. The number of furan rings is 1. The summed E-state index contributed by atoms with van der Waals surface area (Å²) in [6, 6.07) is 1.61. The minimum absolute atomic E-state index is 0.402. The second-order valence-corrected chi connectivity index (χ2v) is 3.20. The van der Waals surface area contributed by atoms with Crippen molar-refractivity contribution in [2.75, 3.05) is 21.2 Å². The molecule has 5 heteroatoms. The Morgan fingerprint density at radius 3 is 2.80 bits per heavy atom. The molecule has 0 spiro atoms. The van der Waals surface area contributed by atoms with Crippen LogP contribution >= 0.6 is 0 Å². The van der Waals surface area contributed by atoms with E-state index in [0.717, 1.165) is 0 Å². The van der Waals surface area contributed by atoms with Crippen LogP contribution in [0.25, 0.3) is 0 Å². The van der Waals surface area contributed by atoms with E-state index in [-0.39, 0.29) is 0 Å². The van der Waals surface area contributed by atoms with Crippen LogP contribution in [-0.2, 0) is 4.74 Å². The first-order valence-electron chi connectivity index (χ1n) is 4.44. The van der Waals surface area contributed by atoms with Crippen molar-refractivity contribution in [2.24, 2.45) is 5.10 Å². The molecule has 0 atom stereocenters. The summed E-state index contributed by atoms with van der Waals surface area (Å²) in [5.74, 6) is 0.657. The molecule has 0 bridgehead atoms. The Bertz CT molecular complexity index is 380. The van der Waals surface area contributed by atoms with Crippen LogP contribution in [0.4, 0.5) is 0 Å². The minimum atomic E-state index is -0.402. The molecule has 0 radical (unpaired) electrons. The van der Waals surface area contributed by atoms with Crippen molar-refractivity contribution in [2.45, 2.75) is 6.92 Å². The second kappa shape index (κ2) is 4.63. The highest BCUT2D eigenvalue weighted by Crippen LogP contribution is 2.14. The number of aryl methyl sites for hydroxylation is 1. The number of hydrazone groups is 1. The summed E-state index contributed by atoms with van der Waals surface area (Å²) in [6.45, 7) is 1.71. The topological polar surface area (TPSA) is 55.0 Å². The zero-order valence-electron chi connectivity index (χ0n) is 9.27. The molecule has 82 valence electrons. The zero-order valence-corrected chi connectivity index (χ0v) is 9.27. The Kier molecular flexibility index (Phi) is 3.49. The van der Waals surface area contributed by atoms with Gasteiger partial charge in [-0.2, -0.15) is 5.10 Å². The first-order chi connectivity index (χ1) is 7.04. The fourth-order valence-corrected chi connectivity index (χ4v) is 1.05. The van der Waals surface area contributed by atoms with E-state index in [9.17, 15) is 4.79 Å². The lowest BCUT2D eigenvalue weighted by Gasteiger charge is -2.00. The Labute approximate surface area is 88.3 Å². The number of hydrogen-bond donors (Lipinski definition) is 0. The summed E-state index contributed by atoms with van der Waals surface area (Å²) in [5.41, 5.74) is 0.428. The first-order valence-corrected chi connectivity index (χ1v) is 4.44. The van der Waals surface area contributed by atoms with E-state index in [0.29, 0.717) is 17.1 Å². The average Bonchev–Trinajstić information content (AvgIpc) is 2.55. The van der Waals surface area contributed by atoms with Crippen molar-refractivity contribution in [1.29, 1.82) is 0 Å². The highest BCUT2D eigenvalue weighted by Gasteiger charge is 2.14. The molecule has 0 aromatic carbocycles. The maximum absolute atomic E-state index is 11.2. The lowest BCUT2D eigenvalue weighted by atomic mass is 10.2. The van der Waals surface area contributed by atoms with Crippen LogP contribution in [-0.4, -0.2) is 38.4 Å². The van der Waals surface area contributed by atoms with Gasteiger partial charge in [0.2, 0.25) is 0 Å². The molecule has 1 aromatic rings. The molecule has 0 unspecified atom stereocenters. The second-order valence-electron chi connectivity index (χ2n) is 3.20. The summed E-state index contributed by atoms with van der Waals surface area (Å²) in [4.78, 5) is 11.2. The van der Waals surface area contributed by atoms with Crippen molar-refractivity contribution in [3.05, 3.63) is 23.2 Å². The van der Waals surface area contributed by atoms with E-state index in [1.807, 2.05) is 0 Å². The lowest BCUT2D eigenvalue weighted by molar-refractivity contribution is 0.0599. The fraction of sp³-hybridized carbons (Fsp3) is 0.400. The third-order valence-electron chi connectivity index (χ3n) is 1.76. The van der Waals surface area contributed by atoms with Gasteiger partial charge in [0.25, 0.3) is 0 Å². The number of hydrogen-bond acceptors (Lipinski definition) is 5. The monoisotopic (exact) mass is 210 g/mol. The summed E-state index contributed by atoms with van der Waals surface area (Å²) in [7, 11) is 4.93. The largest absolute Gasteiger partial charge is 0.465 e. The van der Waals surface area contributed by atoms with Crippen LogP contribution in [0.3, 0.4) is 0 Å². The summed E-state index contributed by atoms with van der Waals surface area (Å²) in [5, 5.41) is 5.63. The Hall–Kier alpha value is -1.78. The first kappa shape index (κ1) is 11.3. The van der Waals surface area contributed by atoms with Gasteiger partial charge < -0.3 is 14.2 Å². The number of methoxy groups -OCH3 is 1. The molecule has 0 N–H and O–H groups in total. The van der Waals surface area contributed by atoms with E-state index in [1.165, 1.54) is 7.11 Å². The molecule has 0 saturated heterocycles. The molecule has 1 aromatic heterocycles. The van der Waals surface area contributed by atoms with E-state index in [1.54, 1.807) is 38.3 Å². The molecular weight excluding hydrogens is 196 g/mol. The van der Waals surface area contributed by atoms with Crippen LogP contribution in [0.2, 0.25) is 0 Å². The number of carbonyl (C=O) groups excluding carboxylic acids is 1. The van der Waals surface area contributed by atoms with Crippen LogP contribution in [0.1, 0.15) is 21.9 Å². The Balaban J connectivity index is 2.91. The molecule has 0 fully saturated rings. The Morgan fingerprint density at radius 1 is 1.60 bits per heavy atom. The summed E-state index contributed by atoms with van der Waals surface area (Å²) >= 11 is 0. The molecular formula is C10H14N2O3. The van der Waals surface area contributed by atoms with Gasteiger partial charge in [0.15, 0.2) is 0 Å². The smallest absolute Gasteiger partial charge is 0.341 e. The highest BCUT2D eigenvalue weighted by atomic mass is 16.5. The minimum Gasteiger partial charge on any atom is -0.465 e. The van der Waals surface area contributed by atoms with Gasteiger partial charge >= 0.3 is 5.97 Å². The molecule has 0 aliphatic heterocycles. The maximum Gasteiger partial charge on any atom is 0.341 e. The van der Waals surface area contributed by atoms with E-state index in [2.05, 4.69) is 9.84 Å². The number of rotatable bonds is 3. The van der Waals surface area contributed by atoms with Gasteiger partial charge in [0.1, 0.15) is 17.1 Å². The van der Waals surface area contributed by atoms with Gasteiger partial charge in [-0.05, 0) is 6.92 Å². The van der Waals surface area contributed by atoms with Crippen molar-refractivity contribution < 1.29 is 13.9 Å². The normalized spacial score (nSPS) is 10.7. The molecule has 0 amide bonds. The number of ether oxygens (including phenoxy) is 1. The molecule has 0 aliphatic rings. The van der Waals surface area contributed by atoms with Crippen molar-refractivity contribution in [3.63, 3.8) is 0 Å². The van der Waals surface area contributed by atoms with Gasteiger partial charge in [0.05, 0.1) is 13.3 Å². The van der Waals surface area contributed by atoms with Gasteiger partial charge in [-0.1, -0.05) is 0 Å². The molecule has 1 rings (SSSR count). The number of carbonyl (C=O) groups is 1. The summed E-state index contributed by atoms with van der Waals surface area (Å²) in [6.07, 6.45) is 1.54. The van der Waals surface area contributed by atoms with E-state index < -0.39 is 5.97 Å². The average molecular weight is 210 g/mol. The number of esters is 1. The maximum atomic E-state index is 11.2. The third kappa shape index (κ3) is 2.83. The van der Waals surface area contributed by atoms with Crippen molar-refractivity contribution in [1.82, 2.24) is 5.01 Å². The molecule has 1 heterocycles. The SMILES string of the molecule is COC(=O)c1cc(C=NN(C)C)oc1C. The predicted molar refractivity (Wildman–Crippen MR) is 56.1 cm³/mol. The standard InChI is InChI=1S/C10H14N2O3/c1-7-9(10(13)14-4)5-8(15-7)6-11-12(2)3/h5-6H,1-4H3. The molecule has 15 heavy (non-hydrogen) atoms. The van der Waals surface area contributed by atoms with Gasteiger partial charge in [-0.15, -0.1) is 0 Å². The van der Waals surface area contributed by atoms with Crippen LogP contribution in [0.15, 0.2) is 15.6 Å². The lowest BCUT2D eigenvalue weighted by Crippen LogP contribution is -2.02. The third-order valence-corrected chi connectivity index (χ3v) is 1.76. The van der Waals surface area contributed by atoms with Crippen molar-refractivity contribution in [3.8, 4) is 0 Å².